The first-order valence-corrected chi connectivity index (χ1v) is 12.6. The van der Waals surface area contributed by atoms with Crippen LogP contribution < -0.4 is 21.1 Å². The highest BCUT2D eigenvalue weighted by Crippen LogP contribution is 2.30. The highest BCUT2D eigenvalue weighted by molar-refractivity contribution is 5.92. The molecule has 0 spiro atoms. The lowest BCUT2D eigenvalue weighted by molar-refractivity contribution is -0.142. The van der Waals surface area contributed by atoms with Gasteiger partial charge in [0.25, 0.3) is 0 Å². The highest BCUT2D eigenvalue weighted by Gasteiger charge is 2.46. The van der Waals surface area contributed by atoms with Gasteiger partial charge >= 0.3 is 6.09 Å². The van der Waals surface area contributed by atoms with E-state index in [9.17, 15) is 19.5 Å². The quantitative estimate of drug-likeness (QED) is 0.375. The van der Waals surface area contributed by atoms with Crippen LogP contribution in [-0.2, 0) is 9.59 Å². The molecule has 5 N–H and O–H groups in total. The molecule has 0 bridgehead atoms. The molecule has 0 aliphatic carbocycles. The lowest BCUT2D eigenvalue weighted by Crippen LogP contribution is -2.59. The van der Waals surface area contributed by atoms with Crippen LogP contribution in [0.3, 0.4) is 0 Å². The van der Waals surface area contributed by atoms with Gasteiger partial charge in [-0.3, -0.25) is 9.59 Å². The molecule has 2 unspecified atom stereocenters. The Labute approximate surface area is 223 Å². The van der Waals surface area contributed by atoms with Gasteiger partial charge in [0, 0.05) is 18.5 Å². The smallest absolute Gasteiger partial charge is 0.410 e. The van der Waals surface area contributed by atoms with E-state index in [1.54, 1.807) is 42.5 Å². The number of rotatable bonds is 9. The Balaban J connectivity index is 1.78. The Morgan fingerprint density at radius 3 is 2.42 bits per heavy atom. The van der Waals surface area contributed by atoms with E-state index < -0.39 is 41.5 Å². The Morgan fingerprint density at radius 2 is 1.82 bits per heavy atom. The second kappa shape index (κ2) is 12.6. The average Bonchev–Trinajstić information content (AvgIpc) is 3.29. The molecule has 0 aromatic heterocycles. The van der Waals surface area contributed by atoms with Crippen molar-refractivity contribution in [2.75, 3.05) is 13.1 Å². The van der Waals surface area contributed by atoms with Gasteiger partial charge in [-0.2, -0.15) is 0 Å². The normalized spacial score (nSPS) is 18.7. The second-order valence-electron chi connectivity index (χ2n) is 10.2. The standard InChI is InChI=1S/C29H36N4O5/c1-5-20-11-13-21(14-12-20)19(2)31-26(35)24-17-22(34)18-33(24)27(36)25(29(3,4)15-16-30)32-28(37)38-23-9-7-6-8-10-23/h1,6-14,19,22,24-25,34H,15-18,30H2,2-4H3,(H,31,35)(H,32,37)/t19?,22-,24+,25?/m1/s1. The summed E-state index contributed by atoms with van der Waals surface area (Å²) in [4.78, 5) is 41.2. The minimum absolute atomic E-state index is 0.0349. The van der Waals surface area contributed by atoms with E-state index >= 15 is 0 Å². The fourth-order valence-electron chi connectivity index (χ4n) is 4.58. The molecule has 2 aromatic rings. The predicted molar refractivity (Wildman–Crippen MR) is 144 cm³/mol. The zero-order chi connectivity index (χ0) is 27.9. The number of benzene rings is 2. The van der Waals surface area contributed by atoms with Crippen LogP contribution in [-0.4, -0.2) is 59.2 Å². The second-order valence-corrected chi connectivity index (χ2v) is 10.2. The number of aliphatic hydroxyl groups excluding tert-OH is 1. The first kappa shape index (κ1) is 28.7. The van der Waals surface area contributed by atoms with E-state index in [4.69, 9.17) is 16.9 Å². The van der Waals surface area contributed by atoms with Gasteiger partial charge in [-0.15, -0.1) is 6.42 Å². The molecule has 4 atom stereocenters. The Hall–Kier alpha value is -3.87. The number of hydrogen-bond donors (Lipinski definition) is 4. The van der Waals surface area contributed by atoms with Crippen molar-refractivity contribution in [3.8, 4) is 18.1 Å². The van der Waals surface area contributed by atoms with Gasteiger partial charge in [0.15, 0.2) is 0 Å². The number of nitrogens with two attached hydrogens (primary N) is 1. The summed E-state index contributed by atoms with van der Waals surface area (Å²) in [6.45, 7) is 5.71. The van der Waals surface area contributed by atoms with Crippen molar-refractivity contribution in [3.63, 3.8) is 0 Å². The molecule has 0 saturated carbocycles. The third-order valence-electron chi connectivity index (χ3n) is 6.83. The molecule has 3 rings (SSSR count). The van der Waals surface area contributed by atoms with Crippen LogP contribution in [0.15, 0.2) is 54.6 Å². The van der Waals surface area contributed by atoms with Crippen LogP contribution in [0.25, 0.3) is 0 Å². The first-order chi connectivity index (χ1) is 18.1. The van der Waals surface area contributed by atoms with Crippen LogP contribution in [0.5, 0.6) is 5.75 Å². The van der Waals surface area contributed by atoms with Crippen molar-refractivity contribution in [2.24, 2.45) is 11.1 Å². The number of carbonyl (C=O) groups is 3. The maximum absolute atomic E-state index is 13.8. The van der Waals surface area contributed by atoms with E-state index in [0.717, 1.165) is 11.1 Å². The summed E-state index contributed by atoms with van der Waals surface area (Å²) in [6.07, 6.45) is 4.24. The molecular weight excluding hydrogens is 484 g/mol. The summed E-state index contributed by atoms with van der Waals surface area (Å²) >= 11 is 0. The maximum Gasteiger partial charge on any atom is 0.413 e. The monoisotopic (exact) mass is 520 g/mol. The van der Waals surface area contributed by atoms with E-state index in [2.05, 4.69) is 16.6 Å². The van der Waals surface area contributed by atoms with Crippen molar-refractivity contribution in [1.29, 1.82) is 0 Å². The number of carbonyl (C=O) groups excluding carboxylic acids is 3. The maximum atomic E-state index is 13.8. The van der Waals surface area contributed by atoms with Crippen LogP contribution in [0.2, 0.25) is 0 Å². The van der Waals surface area contributed by atoms with Gasteiger partial charge in [0.1, 0.15) is 17.8 Å². The van der Waals surface area contributed by atoms with Crippen molar-refractivity contribution >= 4 is 17.9 Å². The van der Waals surface area contributed by atoms with E-state index in [1.807, 2.05) is 32.9 Å². The molecule has 1 aliphatic rings. The molecule has 0 radical (unpaired) electrons. The van der Waals surface area contributed by atoms with Crippen LogP contribution in [0, 0.1) is 17.8 Å². The largest absolute Gasteiger partial charge is 0.413 e. The van der Waals surface area contributed by atoms with Gasteiger partial charge in [-0.25, -0.2) is 4.79 Å². The molecule has 1 fully saturated rings. The number of hydrogen-bond acceptors (Lipinski definition) is 6. The summed E-state index contributed by atoms with van der Waals surface area (Å²) < 4.78 is 5.35. The number of aliphatic hydroxyl groups is 1. The van der Waals surface area contributed by atoms with Crippen LogP contribution >= 0.6 is 0 Å². The van der Waals surface area contributed by atoms with Gasteiger partial charge in [-0.05, 0) is 55.1 Å². The molecular formula is C29H36N4O5. The zero-order valence-corrected chi connectivity index (χ0v) is 22.0. The summed E-state index contributed by atoms with van der Waals surface area (Å²) in [5.41, 5.74) is 6.62. The summed E-state index contributed by atoms with van der Waals surface area (Å²) in [5, 5.41) is 16.0. The van der Waals surface area contributed by atoms with Gasteiger partial charge in [0.05, 0.1) is 12.1 Å². The molecule has 1 heterocycles. The topological polar surface area (TPSA) is 134 Å². The van der Waals surface area contributed by atoms with Gasteiger partial charge in [-0.1, -0.05) is 50.1 Å². The molecule has 2 aromatic carbocycles. The van der Waals surface area contributed by atoms with Crippen molar-refractivity contribution in [2.45, 2.75) is 57.8 Å². The minimum Gasteiger partial charge on any atom is -0.410 e. The van der Waals surface area contributed by atoms with E-state index in [0.29, 0.717) is 12.2 Å². The molecule has 9 heteroatoms. The minimum atomic E-state index is -1.04. The lowest BCUT2D eigenvalue weighted by atomic mass is 9.80. The Morgan fingerprint density at radius 1 is 1.16 bits per heavy atom. The number of β-amino-alcohol motifs (C(OH)–C–C–N with tert-alkyl or cyclic N) is 1. The van der Waals surface area contributed by atoms with Gasteiger partial charge < -0.3 is 31.1 Å². The number of terminal acetylenes is 1. The fraction of sp³-hybridized carbons (Fsp3) is 0.414. The molecule has 3 amide bonds. The zero-order valence-electron chi connectivity index (χ0n) is 22.0. The van der Waals surface area contributed by atoms with Crippen molar-refractivity contribution < 1.29 is 24.2 Å². The number of amides is 3. The SMILES string of the molecule is C#Cc1ccc(C(C)NC(=O)[C@@H]2C[C@@H](O)CN2C(=O)C(NC(=O)Oc2ccccc2)C(C)(C)CCN)cc1. The predicted octanol–water partition coefficient (Wildman–Crippen LogP) is 2.34. The Kier molecular flexibility index (Phi) is 9.50. The third kappa shape index (κ3) is 7.12. The molecule has 202 valence electrons. The van der Waals surface area contributed by atoms with Gasteiger partial charge in [0.2, 0.25) is 11.8 Å². The van der Waals surface area contributed by atoms with E-state index in [-0.39, 0.29) is 25.6 Å². The summed E-state index contributed by atoms with van der Waals surface area (Å²) in [7, 11) is 0. The number of likely N-dealkylation sites (tertiary alicyclic amines) is 1. The third-order valence-corrected chi connectivity index (χ3v) is 6.83. The highest BCUT2D eigenvalue weighted by atomic mass is 16.6. The number of para-hydroxylation sites is 1. The van der Waals surface area contributed by atoms with E-state index in [1.165, 1.54) is 4.90 Å². The number of nitrogens with one attached hydrogen (secondary N) is 2. The molecule has 1 saturated heterocycles. The molecule has 9 nitrogen and oxygen atoms in total. The lowest BCUT2D eigenvalue weighted by Gasteiger charge is -2.37. The van der Waals surface area contributed by atoms with Crippen molar-refractivity contribution in [1.82, 2.24) is 15.5 Å². The molecule has 38 heavy (non-hydrogen) atoms. The van der Waals surface area contributed by atoms with Crippen molar-refractivity contribution in [3.05, 3.63) is 65.7 Å². The molecule has 1 aliphatic heterocycles. The number of nitrogens with zero attached hydrogens (tertiary/aromatic N) is 1. The van der Waals surface area contributed by atoms with Crippen LogP contribution in [0.1, 0.15) is 50.8 Å². The average molecular weight is 521 g/mol. The number of ether oxygens (including phenoxy) is 1. The Bertz CT molecular complexity index is 1160. The fourth-order valence-corrected chi connectivity index (χ4v) is 4.58. The summed E-state index contributed by atoms with van der Waals surface area (Å²) in [6, 6.07) is 13.4. The van der Waals surface area contributed by atoms with Crippen LogP contribution in [0.4, 0.5) is 4.79 Å². The summed E-state index contributed by atoms with van der Waals surface area (Å²) in [5.74, 6) is 1.99. The first-order valence-electron chi connectivity index (χ1n) is 12.6.